The van der Waals surface area contributed by atoms with Crippen LogP contribution >= 0.6 is 23.3 Å². The normalized spacial score (nSPS) is 10.6. The van der Waals surface area contributed by atoms with Gasteiger partial charge in [0.25, 0.3) is 5.56 Å². The van der Waals surface area contributed by atoms with E-state index in [1.165, 1.54) is 23.3 Å². The van der Waals surface area contributed by atoms with Crippen molar-refractivity contribution in [2.75, 3.05) is 11.6 Å². The van der Waals surface area contributed by atoms with Crippen molar-refractivity contribution in [2.24, 2.45) is 0 Å². The Morgan fingerprint density at radius 3 is 2.92 bits per heavy atom. The number of hydrogen-bond donors (Lipinski definition) is 2. The number of hydrogen-bond acceptors (Lipinski definition) is 7. The Balaban J connectivity index is 1.76. The average molecular weight is 373 g/mol. The molecule has 9 heteroatoms. The lowest BCUT2D eigenvalue weighted by Crippen LogP contribution is -2.23. The Labute approximate surface area is 152 Å². The van der Waals surface area contributed by atoms with Crippen LogP contribution in [0, 0.1) is 6.92 Å². The van der Waals surface area contributed by atoms with Gasteiger partial charge in [0.05, 0.1) is 6.42 Å². The Bertz CT molecular complexity index is 953. The molecule has 1 aromatic carbocycles. The molecule has 3 rings (SSSR count). The SMILES string of the molecule is CSc1nc(C)c(CC(=O)Nc2cccc(-c3csnn3)c2)c(=O)[nH]1. The first-order chi connectivity index (χ1) is 12.1. The predicted molar refractivity (Wildman–Crippen MR) is 99.1 cm³/mol. The number of carbonyl (C=O) groups excluding carboxylic acids is 1. The first kappa shape index (κ1) is 17.3. The fourth-order valence-electron chi connectivity index (χ4n) is 2.30. The molecule has 0 spiro atoms. The number of H-pyrrole nitrogens is 1. The number of aryl methyl sites for hydroxylation is 1. The number of aromatic amines is 1. The largest absolute Gasteiger partial charge is 0.326 e. The minimum Gasteiger partial charge on any atom is -0.326 e. The summed E-state index contributed by atoms with van der Waals surface area (Å²) in [5.41, 5.74) is 2.91. The molecule has 3 aromatic rings. The van der Waals surface area contributed by atoms with E-state index in [4.69, 9.17) is 0 Å². The highest BCUT2D eigenvalue weighted by Crippen LogP contribution is 2.21. The van der Waals surface area contributed by atoms with E-state index in [9.17, 15) is 9.59 Å². The number of rotatable bonds is 5. The number of anilines is 1. The van der Waals surface area contributed by atoms with E-state index in [-0.39, 0.29) is 17.9 Å². The zero-order valence-electron chi connectivity index (χ0n) is 13.6. The van der Waals surface area contributed by atoms with E-state index < -0.39 is 0 Å². The number of benzene rings is 1. The number of aromatic nitrogens is 4. The summed E-state index contributed by atoms with van der Waals surface area (Å²) in [6, 6.07) is 7.33. The van der Waals surface area contributed by atoms with Crippen LogP contribution in [0.25, 0.3) is 11.3 Å². The van der Waals surface area contributed by atoms with Crippen molar-refractivity contribution >= 4 is 34.9 Å². The summed E-state index contributed by atoms with van der Waals surface area (Å²) in [6.45, 7) is 1.73. The second kappa shape index (κ2) is 7.58. The number of nitrogens with one attached hydrogen (secondary N) is 2. The molecule has 128 valence electrons. The molecule has 1 amide bonds. The van der Waals surface area contributed by atoms with Gasteiger partial charge >= 0.3 is 0 Å². The second-order valence-electron chi connectivity index (χ2n) is 5.24. The molecule has 0 saturated carbocycles. The van der Waals surface area contributed by atoms with Crippen LogP contribution in [0.2, 0.25) is 0 Å². The summed E-state index contributed by atoms with van der Waals surface area (Å²) >= 11 is 2.62. The lowest BCUT2D eigenvalue weighted by Gasteiger charge is -2.08. The third-order valence-electron chi connectivity index (χ3n) is 3.53. The standard InChI is InChI=1S/C16H15N5O2S2/c1-9-12(15(23)19-16(17-9)24-2)7-14(22)18-11-5-3-4-10(6-11)13-8-25-21-20-13/h3-6,8H,7H2,1-2H3,(H,18,22)(H,17,19,23). The van der Waals surface area contributed by atoms with Crippen molar-refractivity contribution in [3.8, 4) is 11.3 Å². The molecule has 0 aliphatic carbocycles. The van der Waals surface area contributed by atoms with Crippen molar-refractivity contribution in [1.29, 1.82) is 0 Å². The zero-order chi connectivity index (χ0) is 17.8. The molecular weight excluding hydrogens is 358 g/mol. The third kappa shape index (κ3) is 4.12. The van der Waals surface area contributed by atoms with Crippen molar-refractivity contribution < 1.29 is 4.79 Å². The second-order valence-corrected chi connectivity index (χ2v) is 6.64. The van der Waals surface area contributed by atoms with Gasteiger partial charge < -0.3 is 10.3 Å². The van der Waals surface area contributed by atoms with Crippen molar-refractivity contribution in [1.82, 2.24) is 19.6 Å². The minimum atomic E-state index is -0.283. The zero-order valence-corrected chi connectivity index (χ0v) is 15.2. The lowest BCUT2D eigenvalue weighted by atomic mass is 10.1. The highest BCUT2D eigenvalue weighted by atomic mass is 32.2. The van der Waals surface area contributed by atoms with Crippen LogP contribution in [-0.2, 0) is 11.2 Å². The molecule has 0 saturated heterocycles. The van der Waals surface area contributed by atoms with Crippen LogP contribution in [0.4, 0.5) is 5.69 Å². The molecule has 2 N–H and O–H groups in total. The fourth-order valence-corrected chi connectivity index (χ4v) is 3.19. The van der Waals surface area contributed by atoms with Gasteiger partial charge in [0.15, 0.2) is 5.16 Å². The molecule has 0 atom stereocenters. The highest BCUT2D eigenvalue weighted by molar-refractivity contribution is 7.98. The van der Waals surface area contributed by atoms with Gasteiger partial charge in [0, 0.05) is 27.9 Å². The molecular formula is C16H15N5O2S2. The summed E-state index contributed by atoms with van der Waals surface area (Å²) in [7, 11) is 0. The third-order valence-corrected chi connectivity index (χ3v) is 4.62. The van der Waals surface area contributed by atoms with Crippen LogP contribution in [-0.4, -0.2) is 31.7 Å². The van der Waals surface area contributed by atoms with Crippen LogP contribution in [0.3, 0.4) is 0 Å². The number of nitrogens with zero attached hydrogens (tertiary/aromatic N) is 3. The quantitative estimate of drug-likeness (QED) is 0.526. The molecule has 0 aliphatic rings. The maximum Gasteiger partial charge on any atom is 0.255 e. The predicted octanol–water partition coefficient (Wildman–Crippen LogP) is 2.50. The smallest absolute Gasteiger partial charge is 0.255 e. The molecule has 0 fully saturated rings. The first-order valence-corrected chi connectivity index (χ1v) is 9.44. The molecule has 0 aliphatic heterocycles. The Morgan fingerprint density at radius 1 is 1.40 bits per heavy atom. The number of carbonyl (C=O) groups is 1. The Hall–Kier alpha value is -2.52. The van der Waals surface area contributed by atoms with E-state index >= 15 is 0 Å². The van der Waals surface area contributed by atoms with Gasteiger partial charge in [0.2, 0.25) is 5.91 Å². The van der Waals surface area contributed by atoms with Crippen LogP contribution < -0.4 is 10.9 Å². The van der Waals surface area contributed by atoms with Gasteiger partial charge in [-0.3, -0.25) is 9.59 Å². The van der Waals surface area contributed by atoms with Gasteiger partial charge in [-0.15, -0.1) is 5.10 Å². The maximum absolute atomic E-state index is 12.3. The Morgan fingerprint density at radius 2 is 2.24 bits per heavy atom. The van der Waals surface area contributed by atoms with E-state index in [0.717, 1.165) is 11.3 Å². The molecule has 25 heavy (non-hydrogen) atoms. The maximum atomic E-state index is 12.3. The van der Waals surface area contributed by atoms with Crippen molar-refractivity contribution in [2.45, 2.75) is 18.5 Å². The topological polar surface area (TPSA) is 101 Å². The summed E-state index contributed by atoms with van der Waals surface area (Å²) in [5, 5.41) is 9.19. The van der Waals surface area contributed by atoms with Gasteiger partial charge in [-0.1, -0.05) is 28.4 Å². The van der Waals surface area contributed by atoms with Crippen molar-refractivity contribution in [3.63, 3.8) is 0 Å². The monoisotopic (exact) mass is 373 g/mol. The van der Waals surface area contributed by atoms with Crippen LogP contribution in [0.5, 0.6) is 0 Å². The highest BCUT2D eigenvalue weighted by Gasteiger charge is 2.13. The van der Waals surface area contributed by atoms with Crippen LogP contribution in [0.1, 0.15) is 11.3 Å². The summed E-state index contributed by atoms with van der Waals surface area (Å²) in [5.74, 6) is -0.277. The molecule has 0 radical (unpaired) electrons. The number of amides is 1. The molecule has 7 nitrogen and oxygen atoms in total. The summed E-state index contributed by atoms with van der Waals surface area (Å²) in [4.78, 5) is 31.4. The number of thioether (sulfide) groups is 1. The fraction of sp³-hybridized carbons (Fsp3) is 0.188. The van der Waals surface area contributed by atoms with Gasteiger partial charge in [-0.05, 0) is 36.8 Å². The molecule has 2 heterocycles. The van der Waals surface area contributed by atoms with Gasteiger partial charge in [-0.2, -0.15) is 0 Å². The Kier molecular flexibility index (Phi) is 5.25. The van der Waals surface area contributed by atoms with E-state index in [2.05, 4.69) is 24.9 Å². The van der Waals surface area contributed by atoms with Crippen molar-refractivity contribution in [3.05, 3.63) is 51.3 Å². The van der Waals surface area contributed by atoms with E-state index in [1.807, 2.05) is 29.8 Å². The van der Waals surface area contributed by atoms with Crippen LogP contribution in [0.15, 0.2) is 39.6 Å². The summed E-state index contributed by atoms with van der Waals surface area (Å²) in [6.07, 6.45) is 1.79. The molecule has 0 bridgehead atoms. The molecule has 2 aromatic heterocycles. The van der Waals surface area contributed by atoms with E-state index in [1.54, 1.807) is 13.0 Å². The van der Waals surface area contributed by atoms with Gasteiger partial charge in [0.1, 0.15) is 5.69 Å². The van der Waals surface area contributed by atoms with Gasteiger partial charge in [-0.25, -0.2) is 4.98 Å². The lowest BCUT2D eigenvalue weighted by molar-refractivity contribution is -0.115. The summed E-state index contributed by atoms with van der Waals surface area (Å²) < 4.78 is 3.84. The average Bonchev–Trinajstić information content (AvgIpc) is 3.13. The van der Waals surface area contributed by atoms with E-state index in [0.29, 0.717) is 22.1 Å². The first-order valence-electron chi connectivity index (χ1n) is 7.38. The molecule has 0 unspecified atom stereocenters. The minimum absolute atomic E-state index is 0.0364.